The SMILES string of the molecule is CC1Oc2ccc(C(=O)Cn3cc(Cl)cc(Cl)c3=O)cc2N(C)C1=O. The third kappa shape index (κ3) is 3.27. The van der Waals surface area contributed by atoms with Crippen molar-refractivity contribution in [2.45, 2.75) is 19.6 Å². The average Bonchev–Trinajstić information content (AvgIpc) is 2.57. The van der Waals surface area contributed by atoms with Gasteiger partial charge in [-0.15, -0.1) is 0 Å². The van der Waals surface area contributed by atoms with Gasteiger partial charge in [0.25, 0.3) is 11.5 Å². The number of benzene rings is 1. The summed E-state index contributed by atoms with van der Waals surface area (Å²) < 4.78 is 6.68. The van der Waals surface area contributed by atoms with Gasteiger partial charge in [-0.05, 0) is 31.2 Å². The van der Waals surface area contributed by atoms with Gasteiger partial charge in [0.05, 0.1) is 17.3 Å². The largest absolute Gasteiger partial charge is 0.479 e. The van der Waals surface area contributed by atoms with E-state index < -0.39 is 11.7 Å². The van der Waals surface area contributed by atoms with Gasteiger partial charge in [-0.2, -0.15) is 0 Å². The maximum absolute atomic E-state index is 12.5. The third-order valence-electron chi connectivity index (χ3n) is 3.95. The highest BCUT2D eigenvalue weighted by molar-refractivity contribution is 6.34. The molecule has 1 aliphatic heterocycles. The van der Waals surface area contributed by atoms with E-state index in [1.54, 1.807) is 32.2 Å². The Morgan fingerprint density at radius 3 is 2.68 bits per heavy atom. The Bertz CT molecular complexity index is 939. The highest BCUT2D eigenvalue weighted by atomic mass is 35.5. The molecule has 1 aliphatic rings. The van der Waals surface area contributed by atoms with Crippen LogP contribution in [0.25, 0.3) is 0 Å². The molecule has 0 fully saturated rings. The minimum Gasteiger partial charge on any atom is -0.479 e. The first-order chi connectivity index (χ1) is 11.8. The van der Waals surface area contributed by atoms with Crippen LogP contribution in [0.2, 0.25) is 10.0 Å². The van der Waals surface area contributed by atoms with Gasteiger partial charge in [-0.1, -0.05) is 23.2 Å². The Kier molecular flexibility index (Phi) is 4.58. The maximum atomic E-state index is 12.5. The van der Waals surface area contributed by atoms with Gasteiger partial charge in [0.15, 0.2) is 11.9 Å². The molecule has 2 aromatic rings. The fourth-order valence-electron chi connectivity index (χ4n) is 2.61. The first kappa shape index (κ1) is 17.5. The van der Waals surface area contributed by atoms with E-state index in [-0.39, 0.29) is 28.3 Å². The van der Waals surface area contributed by atoms with Crippen LogP contribution in [-0.4, -0.2) is 29.4 Å². The number of hydrogen-bond acceptors (Lipinski definition) is 4. The van der Waals surface area contributed by atoms with Crippen LogP contribution < -0.4 is 15.2 Å². The number of Topliss-reactive ketones (excluding diaryl/α,β-unsaturated/α-hetero) is 1. The summed E-state index contributed by atoms with van der Waals surface area (Å²) in [5.74, 6) is 0.00626. The number of aromatic nitrogens is 1. The van der Waals surface area contributed by atoms with Crippen molar-refractivity contribution in [3.63, 3.8) is 0 Å². The Labute approximate surface area is 153 Å². The number of rotatable bonds is 3. The molecule has 1 atom stereocenters. The van der Waals surface area contributed by atoms with Crippen LogP contribution in [0.1, 0.15) is 17.3 Å². The van der Waals surface area contributed by atoms with Crippen molar-refractivity contribution in [2.75, 3.05) is 11.9 Å². The number of nitrogens with zero attached hydrogens (tertiary/aromatic N) is 2. The highest BCUT2D eigenvalue weighted by Crippen LogP contribution is 2.34. The molecule has 130 valence electrons. The standard InChI is InChI=1S/C17H14Cl2N2O4/c1-9-16(23)20(2)13-5-10(3-4-15(13)25-9)14(22)8-21-7-11(18)6-12(19)17(21)24/h3-7,9H,8H2,1-2H3. The number of ether oxygens (including phenoxy) is 1. The van der Waals surface area contributed by atoms with E-state index in [1.807, 2.05) is 0 Å². The summed E-state index contributed by atoms with van der Waals surface area (Å²) in [5.41, 5.74) is 0.354. The number of fused-ring (bicyclic) bond motifs is 1. The molecule has 3 rings (SSSR count). The summed E-state index contributed by atoms with van der Waals surface area (Å²) in [4.78, 5) is 38.0. The molecule has 1 aromatic carbocycles. The van der Waals surface area contributed by atoms with E-state index >= 15 is 0 Å². The minimum absolute atomic E-state index is 0.0570. The fraction of sp³-hybridized carbons (Fsp3) is 0.235. The number of halogens is 2. The zero-order valence-electron chi connectivity index (χ0n) is 13.5. The van der Waals surface area contributed by atoms with Gasteiger partial charge in [0, 0.05) is 18.8 Å². The first-order valence-corrected chi connectivity index (χ1v) is 8.20. The zero-order valence-corrected chi connectivity index (χ0v) is 15.0. The van der Waals surface area contributed by atoms with Crippen LogP contribution in [0, 0.1) is 0 Å². The molecule has 1 unspecified atom stereocenters. The summed E-state index contributed by atoms with van der Waals surface area (Å²) >= 11 is 11.7. The van der Waals surface area contributed by atoms with Crippen molar-refractivity contribution >= 4 is 40.6 Å². The monoisotopic (exact) mass is 380 g/mol. The van der Waals surface area contributed by atoms with Gasteiger partial charge in [0.1, 0.15) is 10.8 Å². The predicted molar refractivity (Wildman–Crippen MR) is 95.0 cm³/mol. The molecule has 0 radical (unpaired) electrons. The van der Waals surface area contributed by atoms with Crippen LogP contribution in [-0.2, 0) is 11.3 Å². The van der Waals surface area contributed by atoms with Gasteiger partial charge in [0.2, 0.25) is 0 Å². The Balaban J connectivity index is 1.92. The van der Waals surface area contributed by atoms with Crippen molar-refractivity contribution in [1.29, 1.82) is 0 Å². The van der Waals surface area contributed by atoms with Gasteiger partial charge >= 0.3 is 0 Å². The van der Waals surface area contributed by atoms with E-state index in [4.69, 9.17) is 27.9 Å². The number of carbonyl (C=O) groups is 2. The number of pyridine rings is 1. The lowest BCUT2D eigenvalue weighted by molar-refractivity contribution is -0.125. The topological polar surface area (TPSA) is 68.6 Å². The summed E-state index contributed by atoms with van der Waals surface area (Å²) in [6.45, 7) is 1.45. The fourth-order valence-corrected chi connectivity index (χ4v) is 3.12. The number of amides is 1. The molecule has 0 N–H and O–H groups in total. The maximum Gasteiger partial charge on any atom is 0.269 e. The summed E-state index contributed by atoms with van der Waals surface area (Å²) in [6, 6.07) is 6.12. The minimum atomic E-state index is -0.578. The lowest BCUT2D eigenvalue weighted by atomic mass is 10.1. The summed E-state index contributed by atoms with van der Waals surface area (Å²) in [6.07, 6.45) is 0.776. The van der Waals surface area contributed by atoms with E-state index in [0.717, 1.165) is 4.57 Å². The molecule has 2 heterocycles. The van der Waals surface area contributed by atoms with E-state index in [1.165, 1.54) is 17.2 Å². The third-order valence-corrected chi connectivity index (χ3v) is 4.42. The van der Waals surface area contributed by atoms with Crippen molar-refractivity contribution in [3.8, 4) is 5.75 Å². The van der Waals surface area contributed by atoms with Crippen molar-refractivity contribution in [2.24, 2.45) is 0 Å². The number of carbonyl (C=O) groups excluding carboxylic acids is 2. The number of hydrogen-bond donors (Lipinski definition) is 0. The first-order valence-electron chi connectivity index (χ1n) is 7.45. The van der Waals surface area contributed by atoms with Gasteiger partial charge < -0.3 is 14.2 Å². The van der Waals surface area contributed by atoms with Crippen LogP contribution in [0.5, 0.6) is 5.75 Å². The van der Waals surface area contributed by atoms with Crippen LogP contribution in [0.15, 0.2) is 35.3 Å². The second kappa shape index (κ2) is 6.54. The van der Waals surface area contributed by atoms with Crippen LogP contribution in [0.3, 0.4) is 0 Å². The molecular formula is C17H14Cl2N2O4. The molecule has 0 aliphatic carbocycles. The van der Waals surface area contributed by atoms with Gasteiger partial charge in [-0.3, -0.25) is 14.4 Å². The smallest absolute Gasteiger partial charge is 0.269 e. The molecule has 0 bridgehead atoms. The molecule has 0 saturated carbocycles. The van der Waals surface area contributed by atoms with Crippen molar-refractivity contribution in [1.82, 2.24) is 4.57 Å². The zero-order chi connectivity index (χ0) is 18.3. The Hall–Kier alpha value is -2.31. The van der Waals surface area contributed by atoms with E-state index in [9.17, 15) is 14.4 Å². The molecule has 0 saturated heterocycles. The Morgan fingerprint density at radius 1 is 1.24 bits per heavy atom. The molecule has 1 aromatic heterocycles. The molecular weight excluding hydrogens is 367 g/mol. The molecule has 6 nitrogen and oxygen atoms in total. The lowest BCUT2D eigenvalue weighted by Crippen LogP contribution is -2.42. The van der Waals surface area contributed by atoms with Crippen molar-refractivity contribution in [3.05, 3.63) is 56.4 Å². The number of anilines is 1. The second-order valence-electron chi connectivity index (χ2n) is 5.70. The predicted octanol–water partition coefficient (Wildman–Crippen LogP) is 2.78. The average molecular weight is 381 g/mol. The molecule has 8 heteroatoms. The quantitative estimate of drug-likeness (QED) is 0.767. The highest BCUT2D eigenvalue weighted by Gasteiger charge is 2.29. The van der Waals surface area contributed by atoms with E-state index in [2.05, 4.69) is 0 Å². The Morgan fingerprint density at radius 2 is 1.96 bits per heavy atom. The lowest BCUT2D eigenvalue weighted by Gasteiger charge is -2.30. The number of likely N-dealkylation sites (N-methyl/N-ethyl adjacent to an activating group) is 1. The molecule has 25 heavy (non-hydrogen) atoms. The summed E-state index contributed by atoms with van der Waals surface area (Å²) in [7, 11) is 1.62. The van der Waals surface area contributed by atoms with Gasteiger partial charge in [-0.25, -0.2) is 0 Å². The van der Waals surface area contributed by atoms with E-state index in [0.29, 0.717) is 17.0 Å². The second-order valence-corrected chi connectivity index (χ2v) is 6.55. The normalized spacial score (nSPS) is 16.4. The van der Waals surface area contributed by atoms with Crippen molar-refractivity contribution < 1.29 is 14.3 Å². The van der Waals surface area contributed by atoms with Crippen LogP contribution in [0.4, 0.5) is 5.69 Å². The summed E-state index contributed by atoms with van der Waals surface area (Å²) in [5, 5.41) is 0.203. The molecule has 0 spiro atoms. The van der Waals surface area contributed by atoms with Crippen LogP contribution >= 0.6 is 23.2 Å². The number of ketones is 1. The molecule has 1 amide bonds.